The van der Waals surface area contributed by atoms with Gasteiger partial charge in [-0.1, -0.05) is 60.7 Å². The third-order valence-corrected chi connectivity index (χ3v) is 8.22. The van der Waals surface area contributed by atoms with Gasteiger partial charge >= 0.3 is 0 Å². The van der Waals surface area contributed by atoms with Gasteiger partial charge in [-0.3, -0.25) is 24.2 Å². The first-order valence-electron chi connectivity index (χ1n) is 17.0. The number of aliphatic imine (C=N–C) groups is 1. The highest BCUT2D eigenvalue weighted by Gasteiger charge is 2.32. The summed E-state index contributed by atoms with van der Waals surface area (Å²) in [6.07, 6.45) is 3.34. The molecule has 0 spiro atoms. The van der Waals surface area contributed by atoms with E-state index in [0.717, 1.165) is 11.1 Å². The van der Waals surface area contributed by atoms with Crippen molar-refractivity contribution in [1.82, 2.24) is 20.9 Å². The summed E-state index contributed by atoms with van der Waals surface area (Å²) in [5.41, 5.74) is 24.6. The van der Waals surface area contributed by atoms with Crippen LogP contribution in [0.3, 0.4) is 0 Å². The fourth-order valence-corrected chi connectivity index (χ4v) is 5.55. The molecule has 268 valence electrons. The second-order valence-corrected chi connectivity index (χ2v) is 12.2. The molecule has 14 heteroatoms. The van der Waals surface area contributed by atoms with Crippen molar-refractivity contribution < 1.29 is 23.9 Å². The molecule has 4 amide bonds. The van der Waals surface area contributed by atoms with Crippen LogP contribution in [-0.2, 0) is 36.8 Å². The topological polar surface area (TPSA) is 233 Å². The van der Waals surface area contributed by atoms with Crippen molar-refractivity contribution >= 4 is 29.6 Å². The molecule has 0 saturated carbocycles. The number of hydrogen-bond donors (Lipinski definition) is 7. The molecule has 1 saturated heterocycles. The lowest BCUT2D eigenvalue weighted by molar-refractivity contribution is -0.138. The molecule has 1 aliphatic rings. The summed E-state index contributed by atoms with van der Waals surface area (Å²) in [5.74, 6) is -1.84. The van der Waals surface area contributed by atoms with Crippen LogP contribution >= 0.6 is 0 Å². The Bertz CT molecular complexity index is 1330. The molecular weight excluding hydrogens is 626 g/mol. The van der Waals surface area contributed by atoms with E-state index in [1.54, 1.807) is 4.90 Å². The molecule has 1 heterocycles. The molecule has 0 aliphatic carbocycles. The Labute approximate surface area is 288 Å². The van der Waals surface area contributed by atoms with Crippen LogP contribution in [0.25, 0.3) is 0 Å². The Morgan fingerprint density at radius 1 is 0.735 bits per heavy atom. The summed E-state index contributed by atoms with van der Waals surface area (Å²) in [6.45, 7) is 2.57. The number of guanidine groups is 1. The van der Waals surface area contributed by atoms with Crippen molar-refractivity contribution in [2.24, 2.45) is 27.9 Å². The van der Waals surface area contributed by atoms with Gasteiger partial charge in [-0.15, -0.1) is 0 Å². The van der Waals surface area contributed by atoms with Crippen LogP contribution in [0.1, 0.15) is 49.7 Å². The molecule has 0 radical (unpaired) electrons. The average Bonchev–Trinajstić information content (AvgIpc) is 3.39. The van der Waals surface area contributed by atoms with Crippen LogP contribution in [0.5, 0.6) is 0 Å². The Hall–Kier alpha value is -4.53. The molecule has 1 aliphatic heterocycles. The molecule has 49 heavy (non-hydrogen) atoms. The Morgan fingerprint density at radius 2 is 1.33 bits per heavy atom. The zero-order chi connectivity index (χ0) is 35.4. The minimum Gasteiger partial charge on any atom is -0.380 e. The summed E-state index contributed by atoms with van der Waals surface area (Å²) < 4.78 is 5.51. The molecule has 0 aromatic heterocycles. The summed E-state index contributed by atoms with van der Waals surface area (Å²) in [4.78, 5) is 60.4. The van der Waals surface area contributed by atoms with Crippen molar-refractivity contribution in [1.29, 1.82) is 0 Å². The van der Waals surface area contributed by atoms with Gasteiger partial charge in [-0.2, -0.15) is 0 Å². The van der Waals surface area contributed by atoms with E-state index >= 15 is 0 Å². The van der Waals surface area contributed by atoms with Gasteiger partial charge in [0, 0.05) is 32.7 Å². The molecule has 2 aromatic carbocycles. The van der Waals surface area contributed by atoms with Gasteiger partial charge in [0.2, 0.25) is 23.6 Å². The van der Waals surface area contributed by atoms with E-state index in [9.17, 15) is 19.2 Å². The number of hydrogen-bond acceptors (Lipinski definition) is 8. The van der Waals surface area contributed by atoms with Gasteiger partial charge in [0.25, 0.3) is 0 Å². The third-order valence-electron chi connectivity index (χ3n) is 8.22. The van der Waals surface area contributed by atoms with E-state index in [1.165, 1.54) is 0 Å². The number of carbonyl (C=O) groups is 4. The fourth-order valence-electron chi connectivity index (χ4n) is 5.55. The highest BCUT2D eigenvalue weighted by atomic mass is 16.5. The Morgan fingerprint density at radius 3 is 1.98 bits per heavy atom. The Balaban J connectivity index is 1.78. The smallest absolute Gasteiger partial charge is 0.245 e. The van der Waals surface area contributed by atoms with Crippen LogP contribution in [0.2, 0.25) is 0 Å². The predicted molar refractivity (Wildman–Crippen MR) is 189 cm³/mol. The van der Waals surface area contributed by atoms with Crippen molar-refractivity contribution in [3.8, 4) is 0 Å². The molecular formula is C35H53N9O5. The number of nitrogens with two attached hydrogens (primary N) is 4. The minimum atomic E-state index is -1.02. The van der Waals surface area contributed by atoms with Gasteiger partial charge in [0.1, 0.15) is 18.1 Å². The molecule has 4 atom stereocenters. The standard InChI is InChI=1S/C35H53N9O5/c36-17-8-7-15-28(32(46)42-29(16-9-18-40-35(38)39)34(48)44-19-10-21-49-22-20-44)41-33(47)30(24-26-13-5-2-6-14-26)43-31(45)27(37)23-25-11-3-1-4-12-25/h1-6,11-14,27-30H,7-10,15-24,36-37H2,(H,41,47)(H,42,46)(H,43,45)(H4,38,39,40)/t27-,28-,29-,30-/m1/s1. The molecule has 3 rings (SSSR count). The van der Waals surface area contributed by atoms with Gasteiger partial charge in [-0.05, 0) is 62.6 Å². The number of ether oxygens (including phenoxy) is 1. The molecule has 0 unspecified atom stereocenters. The van der Waals surface area contributed by atoms with Crippen molar-refractivity contribution in [2.45, 2.75) is 75.5 Å². The second kappa shape index (κ2) is 21.4. The van der Waals surface area contributed by atoms with E-state index in [0.29, 0.717) is 58.5 Å². The maximum Gasteiger partial charge on any atom is 0.245 e. The van der Waals surface area contributed by atoms with Crippen LogP contribution in [0.15, 0.2) is 65.7 Å². The molecule has 14 nitrogen and oxygen atoms in total. The number of carbonyl (C=O) groups excluding carboxylic acids is 4. The lowest BCUT2D eigenvalue weighted by atomic mass is 10.0. The molecule has 2 aromatic rings. The van der Waals surface area contributed by atoms with Gasteiger partial charge in [-0.25, -0.2) is 0 Å². The molecule has 0 bridgehead atoms. The quantitative estimate of drug-likeness (QED) is 0.0585. The third kappa shape index (κ3) is 14.2. The van der Waals surface area contributed by atoms with E-state index in [-0.39, 0.29) is 44.1 Å². The number of benzene rings is 2. The van der Waals surface area contributed by atoms with Gasteiger partial charge < -0.3 is 48.5 Å². The van der Waals surface area contributed by atoms with E-state index in [4.69, 9.17) is 27.7 Å². The lowest BCUT2D eigenvalue weighted by Crippen LogP contribution is -2.58. The van der Waals surface area contributed by atoms with Crippen molar-refractivity contribution in [3.63, 3.8) is 0 Å². The van der Waals surface area contributed by atoms with E-state index in [1.807, 2.05) is 60.7 Å². The maximum atomic E-state index is 13.9. The zero-order valence-corrected chi connectivity index (χ0v) is 28.2. The lowest BCUT2D eigenvalue weighted by Gasteiger charge is -2.29. The average molecular weight is 680 g/mol. The summed E-state index contributed by atoms with van der Waals surface area (Å²) in [6, 6.07) is 14.9. The summed E-state index contributed by atoms with van der Waals surface area (Å²) >= 11 is 0. The largest absolute Gasteiger partial charge is 0.380 e. The van der Waals surface area contributed by atoms with E-state index in [2.05, 4.69) is 20.9 Å². The molecule has 11 N–H and O–H groups in total. The first kappa shape index (κ1) is 38.9. The Kier molecular flexibility index (Phi) is 17.0. The summed E-state index contributed by atoms with van der Waals surface area (Å²) in [7, 11) is 0. The van der Waals surface area contributed by atoms with Gasteiger partial charge in [0.05, 0.1) is 12.6 Å². The van der Waals surface area contributed by atoms with Crippen molar-refractivity contribution in [2.75, 3.05) is 39.4 Å². The van der Waals surface area contributed by atoms with Crippen LogP contribution < -0.4 is 38.9 Å². The van der Waals surface area contributed by atoms with Crippen LogP contribution in [-0.4, -0.2) is 98.0 Å². The summed E-state index contributed by atoms with van der Waals surface area (Å²) in [5, 5.41) is 8.57. The number of unbranched alkanes of at least 4 members (excludes halogenated alkanes) is 1. The number of nitrogens with zero attached hydrogens (tertiary/aromatic N) is 2. The molecule has 1 fully saturated rings. The number of nitrogens with one attached hydrogen (secondary N) is 3. The fraction of sp³-hybridized carbons (Fsp3) is 0.514. The monoisotopic (exact) mass is 679 g/mol. The highest BCUT2D eigenvalue weighted by molar-refractivity contribution is 5.95. The zero-order valence-electron chi connectivity index (χ0n) is 28.2. The SMILES string of the molecule is NCCCC[C@@H](NC(=O)[C@@H](Cc1ccccc1)NC(=O)[C@H](N)Cc1ccccc1)C(=O)N[C@H](CCCN=C(N)N)C(=O)N1CCCOCC1. The normalized spacial score (nSPS) is 15.5. The predicted octanol–water partition coefficient (Wildman–Crippen LogP) is -0.315. The van der Waals surface area contributed by atoms with Crippen LogP contribution in [0.4, 0.5) is 0 Å². The van der Waals surface area contributed by atoms with Crippen molar-refractivity contribution in [3.05, 3.63) is 71.8 Å². The minimum absolute atomic E-state index is 0.0579. The first-order valence-corrected chi connectivity index (χ1v) is 17.0. The van der Waals surface area contributed by atoms with Crippen LogP contribution in [0, 0.1) is 0 Å². The second-order valence-electron chi connectivity index (χ2n) is 12.2. The number of amides is 4. The van der Waals surface area contributed by atoms with E-state index < -0.39 is 41.9 Å². The highest BCUT2D eigenvalue weighted by Crippen LogP contribution is 2.11. The van der Waals surface area contributed by atoms with Gasteiger partial charge in [0.15, 0.2) is 5.96 Å². The first-order chi connectivity index (χ1) is 23.7. The number of rotatable bonds is 19. The maximum absolute atomic E-state index is 13.9.